The molecule has 0 saturated heterocycles. The number of hydrogen-bond acceptors (Lipinski definition) is 3. The summed E-state index contributed by atoms with van der Waals surface area (Å²) in [6.45, 7) is 2.49. The second-order valence-electron chi connectivity index (χ2n) is 2.33. The Morgan fingerprint density at radius 3 is 2.50 bits per heavy atom. The molecule has 0 bridgehead atoms. The topological polar surface area (TPSA) is 55.5 Å². The molecule has 0 radical (unpaired) electrons. The maximum atomic E-state index is 9.30. The zero-order chi connectivity index (χ0) is 7.98. The van der Waals surface area contributed by atoms with Crippen molar-refractivity contribution in [2.24, 2.45) is 5.73 Å². The van der Waals surface area contributed by atoms with E-state index in [-0.39, 0.29) is 6.10 Å². The van der Waals surface area contributed by atoms with Crippen LogP contribution in [0.5, 0.6) is 0 Å². The van der Waals surface area contributed by atoms with Gasteiger partial charge in [-0.1, -0.05) is 6.92 Å². The van der Waals surface area contributed by atoms with Gasteiger partial charge in [-0.25, -0.2) is 0 Å². The van der Waals surface area contributed by atoms with Crippen LogP contribution in [0.25, 0.3) is 0 Å². The molecule has 62 valence electrons. The minimum atomic E-state index is -0.403. The third-order valence-electron chi connectivity index (χ3n) is 1.60. The van der Waals surface area contributed by atoms with Crippen molar-refractivity contribution in [2.75, 3.05) is 13.7 Å². The molecule has 0 aromatic rings. The van der Waals surface area contributed by atoms with Crippen molar-refractivity contribution in [3.05, 3.63) is 0 Å². The molecule has 0 spiro atoms. The van der Waals surface area contributed by atoms with Crippen molar-refractivity contribution >= 4 is 0 Å². The molecule has 2 atom stereocenters. The average molecular weight is 147 g/mol. The molecule has 2 unspecified atom stereocenters. The molecule has 0 amide bonds. The first-order chi connectivity index (χ1) is 4.76. The summed E-state index contributed by atoms with van der Waals surface area (Å²) in [5.41, 5.74) is 5.26. The molecule has 3 nitrogen and oxygen atoms in total. The SMILES string of the molecule is CCC(OC)C(O)CCN. The lowest BCUT2D eigenvalue weighted by atomic mass is 10.1. The zero-order valence-corrected chi connectivity index (χ0v) is 6.71. The highest BCUT2D eigenvalue weighted by Gasteiger charge is 2.14. The predicted molar refractivity (Wildman–Crippen MR) is 40.8 cm³/mol. The molecule has 0 aromatic heterocycles. The molecule has 10 heavy (non-hydrogen) atoms. The van der Waals surface area contributed by atoms with E-state index in [2.05, 4.69) is 0 Å². The number of ether oxygens (including phenoxy) is 1. The Hall–Kier alpha value is -0.120. The van der Waals surface area contributed by atoms with Gasteiger partial charge in [0.25, 0.3) is 0 Å². The molecular formula is C7H17NO2. The van der Waals surface area contributed by atoms with E-state index >= 15 is 0 Å². The summed E-state index contributed by atoms with van der Waals surface area (Å²) in [4.78, 5) is 0. The smallest absolute Gasteiger partial charge is 0.0828 e. The van der Waals surface area contributed by atoms with E-state index in [0.29, 0.717) is 13.0 Å². The highest BCUT2D eigenvalue weighted by atomic mass is 16.5. The zero-order valence-electron chi connectivity index (χ0n) is 6.71. The number of rotatable bonds is 5. The van der Waals surface area contributed by atoms with Crippen LogP contribution in [0.4, 0.5) is 0 Å². The van der Waals surface area contributed by atoms with Crippen LogP contribution in [-0.4, -0.2) is 31.0 Å². The Kier molecular flexibility index (Phi) is 5.58. The van der Waals surface area contributed by atoms with Crippen molar-refractivity contribution < 1.29 is 9.84 Å². The van der Waals surface area contributed by atoms with Crippen LogP contribution in [-0.2, 0) is 4.74 Å². The molecule has 3 N–H and O–H groups in total. The van der Waals surface area contributed by atoms with Gasteiger partial charge in [-0.05, 0) is 19.4 Å². The van der Waals surface area contributed by atoms with Crippen molar-refractivity contribution in [3.63, 3.8) is 0 Å². The van der Waals surface area contributed by atoms with Gasteiger partial charge in [-0.3, -0.25) is 0 Å². The number of hydrogen-bond donors (Lipinski definition) is 2. The van der Waals surface area contributed by atoms with Crippen molar-refractivity contribution in [1.29, 1.82) is 0 Å². The van der Waals surface area contributed by atoms with Gasteiger partial charge in [0.2, 0.25) is 0 Å². The van der Waals surface area contributed by atoms with E-state index in [0.717, 1.165) is 6.42 Å². The molecule has 0 aliphatic heterocycles. The monoisotopic (exact) mass is 147 g/mol. The van der Waals surface area contributed by atoms with E-state index in [1.54, 1.807) is 7.11 Å². The van der Waals surface area contributed by atoms with E-state index < -0.39 is 6.10 Å². The van der Waals surface area contributed by atoms with Gasteiger partial charge in [0.05, 0.1) is 12.2 Å². The predicted octanol–water partition coefficient (Wildman–Crippen LogP) is 0.121. The first-order valence-electron chi connectivity index (χ1n) is 3.67. The van der Waals surface area contributed by atoms with E-state index in [4.69, 9.17) is 10.5 Å². The van der Waals surface area contributed by atoms with Crippen LogP contribution >= 0.6 is 0 Å². The third-order valence-corrected chi connectivity index (χ3v) is 1.60. The lowest BCUT2D eigenvalue weighted by molar-refractivity contribution is -0.0159. The number of aliphatic hydroxyl groups is 1. The quantitative estimate of drug-likeness (QED) is 0.580. The van der Waals surface area contributed by atoms with Gasteiger partial charge in [-0.15, -0.1) is 0 Å². The summed E-state index contributed by atoms with van der Waals surface area (Å²) < 4.78 is 5.01. The van der Waals surface area contributed by atoms with Gasteiger partial charge in [-0.2, -0.15) is 0 Å². The highest BCUT2D eigenvalue weighted by molar-refractivity contribution is 4.66. The molecule has 3 heteroatoms. The molecule has 0 rings (SSSR count). The highest BCUT2D eigenvalue weighted by Crippen LogP contribution is 2.05. The van der Waals surface area contributed by atoms with E-state index in [1.165, 1.54) is 0 Å². The first kappa shape index (κ1) is 9.88. The fourth-order valence-corrected chi connectivity index (χ4v) is 0.952. The normalized spacial score (nSPS) is 16.8. The van der Waals surface area contributed by atoms with E-state index in [1.807, 2.05) is 6.92 Å². The number of aliphatic hydroxyl groups excluding tert-OH is 1. The summed E-state index contributed by atoms with van der Waals surface area (Å²) in [6.07, 6.45) is 0.993. The van der Waals surface area contributed by atoms with Crippen LogP contribution < -0.4 is 5.73 Å². The minimum Gasteiger partial charge on any atom is -0.390 e. The minimum absolute atomic E-state index is 0.0523. The Morgan fingerprint density at radius 1 is 1.60 bits per heavy atom. The first-order valence-corrected chi connectivity index (χ1v) is 3.67. The van der Waals surface area contributed by atoms with Crippen LogP contribution in [0.2, 0.25) is 0 Å². The number of methoxy groups -OCH3 is 1. The molecular weight excluding hydrogens is 130 g/mol. The summed E-state index contributed by atoms with van der Waals surface area (Å²) in [6, 6.07) is 0. The van der Waals surface area contributed by atoms with Crippen LogP contribution in [0.1, 0.15) is 19.8 Å². The summed E-state index contributed by atoms with van der Waals surface area (Å²) >= 11 is 0. The van der Waals surface area contributed by atoms with Crippen molar-refractivity contribution in [2.45, 2.75) is 32.0 Å². The van der Waals surface area contributed by atoms with Gasteiger partial charge in [0.15, 0.2) is 0 Å². The van der Waals surface area contributed by atoms with Gasteiger partial charge in [0.1, 0.15) is 0 Å². The summed E-state index contributed by atoms with van der Waals surface area (Å²) in [5, 5.41) is 9.30. The number of nitrogens with two attached hydrogens (primary N) is 1. The van der Waals surface area contributed by atoms with Crippen molar-refractivity contribution in [3.8, 4) is 0 Å². The molecule has 0 heterocycles. The second-order valence-corrected chi connectivity index (χ2v) is 2.33. The summed E-state index contributed by atoms with van der Waals surface area (Å²) in [7, 11) is 1.61. The molecule has 0 aliphatic carbocycles. The Bertz CT molecular complexity index is 74.0. The lowest BCUT2D eigenvalue weighted by Gasteiger charge is -2.18. The molecule has 0 fully saturated rings. The molecule has 0 aliphatic rings. The summed E-state index contributed by atoms with van der Waals surface area (Å²) in [5.74, 6) is 0. The maximum Gasteiger partial charge on any atom is 0.0828 e. The standard InChI is InChI=1S/C7H17NO2/c1-3-7(10-2)6(9)4-5-8/h6-7,9H,3-5,8H2,1-2H3. The van der Waals surface area contributed by atoms with E-state index in [9.17, 15) is 5.11 Å². The molecule has 0 saturated carbocycles. The lowest BCUT2D eigenvalue weighted by Crippen LogP contribution is -2.29. The van der Waals surface area contributed by atoms with Crippen LogP contribution in [0.15, 0.2) is 0 Å². The Labute approximate surface area is 62.2 Å². The average Bonchev–Trinajstić information content (AvgIpc) is 1.91. The largest absolute Gasteiger partial charge is 0.390 e. The fraction of sp³-hybridized carbons (Fsp3) is 1.00. The Balaban J connectivity index is 3.53. The second kappa shape index (κ2) is 5.65. The third kappa shape index (κ3) is 3.15. The van der Waals surface area contributed by atoms with Crippen LogP contribution in [0, 0.1) is 0 Å². The Morgan fingerprint density at radius 2 is 2.20 bits per heavy atom. The van der Waals surface area contributed by atoms with Gasteiger partial charge >= 0.3 is 0 Å². The maximum absolute atomic E-state index is 9.30. The van der Waals surface area contributed by atoms with Crippen LogP contribution in [0.3, 0.4) is 0 Å². The van der Waals surface area contributed by atoms with Gasteiger partial charge < -0.3 is 15.6 Å². The van der Waals surface area contributed by atoms with Crippen molar-refractivity contribution in [1.82, 2.24) is 0 Å². The van der Waals surface area contributed by atoms with Gasteiger partial charge in [0, 0.05) is 7.11 Å². The molecule has 0 aromatic carbocycles. The fourth-order valence-electron chi connectivity index (χ4n) is 0.952.